The van der Waals surface area contributed by atoms with Crippen LogP contribution in [0.3, 0.4) is 0 Å². The normalized spacial score (nSPS) is 17.9. The molecule has 0 aromatic rings. The fourth-order valence-electron chi connectivity index (χ4n) is 0.499. The number of hydrogen-bond acceptors (Lipinski definition) is 2. The maximum atomic E-state index is 10.6. The lowest BCUT2D eigenvalue weighted by Crippen LogP contribution is -2.05. The Bertz CT molecular complexity index is 101. The van der Waals surface area contributed by atoms with E-state index in [1.165, 1.54) is 0 Å². The fourth-order valence-corrected chi connectivity index (χ4v) is 1.50. The molecule has 0 aliphatic heterocycles. The first kappa shape index (κ1) is 8.19. The van der Waals surface area contributed by atoms with Crippen molar-refractivity contribution in [1.29, 1.82) is 0 Å². The molecule has 0 bridgehead atoms. The number of hydrogen-bond donors (Lipinski definition) is 0. The van der Waals surface area contributed by atoms with Crippen molar-refractivity contribution in [3.8, 4) is 0 Å². The van der Waals surface area contributed by atoms with E-state index in [1.54, 1.807) is 6.92 Å². The van der Waals surface area contributed by atoms with E-state index in [2.05, 4.69) is 0 Å². The minimum atomic E-state index is -2.92. The zero-order valence-corrected chi connectivity index (χ0v) is 6.28. The van der Waals surface area contributed by atoms with E-state index in [0.717, 1.165) is 6.42 Å². The van der Waals surface area contributed by atoms with Gasteiger partial charge in [0, 0.05) is 7.37 Å². The average Bonchev–Trinajstić information content (AvgIpc) is 1.67. The van der Waals surface area contributed by atoms with Gasteiger partial charge in [0.2, 0.25) is 0 Å². The van der Waals surface area contributed by atoms with Crippen molar-refractivity contribution in [3.63, 3.8) is 0 Å². The van der Waals surface area contributed by atoms with Crippen LogP contribution < -0.4 is 4.89 Å². The summed E-state index contributed by atoms with van der Waals surface area (Å²) in [4.78, 5) is 10.6. The smallest absolute Gasteiger partial charge is 0.0145 e. The minimum absolute atomic E-state index is 0.306. The maximum Gasteiger partial charge on any atom is 0.0145 e. The molecule has 2 nitrogen and oxygen atoms in total. The zero-order chi connectivity index (χ0) is 6.62. The summed E-state index contributed by atoms with van der Waals surface area (Å²) in [7, 11) is -2.92. The second-order valence-corrected chi connectivity index (χ2v) is 4.56. The lowest BCUT2D eigenvalue weighted by atomic mass is 10.6. The highest BCUT2D eigenvalue weighted by Crippen LogP contribution is 2.34. The van der Waals surface area contributed by atoms with Crippen LogP contribution in [0.2, 0.25) is 0 Å². The molecule has 0 rings (SSSR count). The summed E-state index contributed by atoms with van der Waals surface area (Å²) in [6.07, 6.45) is 1.42. The van der Waals surface area contributed by atoms with E-state index < -0.39 is 7.37 Å². The molecule has 0 amide bonds. The first-order valence-corrected chi connectivity index (χ1v) is 4.91. The summed E-state index contributed by atoms with van der Waals surface area (Å²) < 4.78 is 10.6. The summed E-state index contributed by atoms with van der Waals surface area (Å²) >= 11 is 0. The van der Waals surface area contributed by atoms with Crippen molar-refractivity contribution >= 4 is 7.37 Å². The molecule has 0 aromatic carbocycles. The lowest BCUT2D eigenvalue weighted by Gasteiger charge is -2.19. The molecule has 1 unspecified atom stereocenters. The second kappa shape index (κ2) is 3.26. The minimum Gasteiger partial charge on any atom is -0.799 e. The molecule has 8 heavy (non-hydrogen) atoms. The summed E-state index contributed by atoms with van der Waals surface area (Å²) in [5.41, 5.74) is 0. The highest BCUT2D eigenvalue weighted by Gasteiger charge is 1.99. The predicted molar refractivity (Wildman–Crippen MR) is 33.3 cm³/mol. The molecule has 0 spiro atoms. The van der Waals surface area contributed by atoms with Crippen LogP contribution in [0.1, 0.15) is 20.3 Å². The first-order chi connectivity index (χ1) is 3.62. The van der Waals surface area contributed by atoms with Gasteiger partial charge in [-0.15, -0.1) is 0 Å². The molecule has 50 valence electrons. The summed E-state index contributed by atoms with van der Waals surface area (Å²) in [5, 5.41) is 0. The van der Waals surface area contributed by atoms with Gasteiger partial charge in [0.15, 0.2) is 0 Å². The Morgan fingerprint density at radius 2 is 2.00 bits per heavy atom. The van der Waals surface area contributed by atoms with E-state index >= 15 is 0 Å². The Kier molecular flexibility index (Phi) is 3.34. The van der Waals surface area contributed by atoms with Gasteiger partial charge in [0.25, 0.3) is 0 Å². The van der Waals surface area contributed by atoms with E-state index in [0.29, 0.717) is 12.3 Å². The molecular weight excluding hydrogens is 123 g/mol. The van der Waals surface area contributed by atoms with Crippen LogP contribution >= 0.6 is 7.37 Å². The Morgan fingerprint density at radius 3 is 2.12 bits per heavy atom. The Balaban J connectivity index is 3.55. The maximum absolute atomic E-state index is 10.6. The van der Waals surface area contributed by atoms with Crippen LogP contribution in [0.4, 0.5) is 0 Å². The topological polar surface area (TPSA) is 40.1 Å². The first-order valence-electron chi connectivity index (χ1n) is 2.91. The Hall–Kier alpha value is 0.190. The van der Waals surface area contributed by atoms with Crippen LogP contribution in [0.5, 0.6) is 0 Å². The molecule has 1 atom stereocenters. The van der Waals surface area contributed by atoms with Gasteiger partial charge in [-0.2, -0.15) is 0 Å². The zero-order valence-electron chi connectivity index (χ0n) is 5.39. The van der Waals surface area contributed by atoms with Crippen molar-refractivity contribution in [2.75, 3.05) is 12.3 Å². The molecule has 0 N–H and O–H groups in total. The van der Waals surface area contributed by atoms with Crippen molar-refractivity contribution < 1.29 is 9.46 Å². The van der Waals surface area contributed by atoms with Crippen LogP contribution in [0, 0.1) is 0 Å². The Labute approximate surface area is 50.4 Å². The summed E-state index contributed by atoms with van der Waals surface area (Å²) in [6, 6.07) is 0. The highest BCUT2D eigenvalue weighted by molar-refractivity contribution is 7.56. The van der Waals surface area contributed by atoms with E-state index in [-0.39, 0.29) is 0 Å². The van der Waals surface area contributed by atoms with Gasteiger partial charge in [0.05, 0.1) is 0 Å². The summed E-state index contributed by atoms with van der Waals surface area (Å²) in [5.74, 6) is 0. The molecule has 0 saturated carbocycles. The molecule has 3 heteroatoms. The van der Waals surface area contributed by atoms with Crippen molar-refractivity contribution in [1.82, 2.24) is 0 Å². The standard InChI is InChI=1S/C5H13O2P/c1-3-5-8(6,7)4-2/h3-5H2,1-2H3,(H,6,7)/p-1. The number of rotatable bonds is 3. The predicted octanol–water partition coefficient (Wildman–Crippen LogP) is 1.05. The van der Waals surface area contributed by atoms with E-state index in [4.69, 9.17) is 0 Å². The monoisotopic (exact) mass is 135 g/mol. The van der Waals surface area contributed by atoms with Crippen LogP contribution in [-0.4, -0.2) is 12.3 Å². The molecule has 0 aliphatic carbocycles. The molecule has 0 radical (unpaired) electrons. The average molecular weight is 135 g/mol. The van der Waals surface area contributed by atoms with Gasteiger partial charge in [-0.1, -0.05) is 20.3 Å². The van der Waals surface area contributed by atoms with E-state index in [9.17, 15) is 9.46 Å². The fraction of sp³-hybridized carbons (Fsp3) is 1.00. The van der Waals surface area contributed by atoms with Crippen molar-refractivity contribution in [2.24, 2.45) is 0 Å². The van der Waals surface area contributed by atoms with Gasteiger partial charge < -0.3 is 9.46 Å². The third-order valence-electron chi connectivity index (χ3n) is 1.05. The summed E-state index contributed by atoms with van der Waals surface area (Å²) in [6.45, 7) is 3.56. The van der Waals surface area contributed by atoms with Crippen molar-refractivity contribution in [2.45, 2.75) is 20.3 Å². The molecule has 0 fully saturated rings. The van der Waals surface area contributed by atoms with Crippen LogP contribution in [-0.2, 0) is 4.57 Å². The van der Waals surface area contributed by atoms with Gasteiger partial charge in [-0.3, -0.25) is 0 Å². The van der Waals surface area contributed by atoms with Crippen LogP contribution in [0.25, 0.3) is 0 Å². The van der Waals surface area contributed by atoms with Gasteiger partial charge in [-0.25, -0.2) is 0 Å². The van der Waals surface area contributed by atoms with E-state index in [1.807, 2.05) is 6.92 Å². The second-order valence-electron chi connectivity index (χ2n) is 1.85. The largest absolute Gasteiger partial charge is 0.799 e. The Morgan fingerprint density at radius 1 is 1.50 bits per heavy atom. The quantitative estimate of drug-likeness (QED) is 0.543. The molecule has 0 saturated heterocycles. The SMILES string of the molecule is CCCP(=O)([O-])CC. The highest BCUT2D eigenvalue weighted by atomic mass is 31.2. The molecule has 0 aliphatic rings. The lowest BCUT2D eigenvalue weighted by molar-refractivity contribution is -0.174. The van der Waals surface area contributed by atoms with Gasteiger partial charge in [-0.05, 0) is 12.3 Å². The van der Waals surface area contributed by atoms with Gasteiger partial charge in [0.1, 0.15) is 0 Å². The van der Waals surface area contributed by atoms with Crippen molar-refractivity contribution in [3.05, 3.63) is 0 Å². The van der Waals surface area contributed by atoms with Gasteiger partial charge >= 0.3 is 0 Å². The molecule has 0 aromatic heterocycles. The molecule has 0 heterocycles. The third kappa shape index (κ3) is 3.23. The van der Waals surface area contributed by atoms with Crippen LogP contribution in [0.15, 0.2) is 0 Å². The molecular formula is C5H12O2P-. The third-order valence-corrected chi connectivity index (χ3v) is 3.14.